The Kier molecular flexibility index (Phi) is 3.77. The second-order valence-corrected chi connectivity index (χ2v) is 5.31. The first-order valence-electron chi connectivity index (χ1n) is 6.67. The molecule has 3 rings (SSSR count). The van der Waals surface area contributed by atoms with E-state index in [1.807, 2.05) is 12.1 Å². The lowest BCUT2D eigenvalue weighted by Gasteiger charge is -2.10. The van der Waals surface area contributed by atoms with E-state index in [-0.39, 0.29) is 11.1 Å². The number of halogens is 2. The van der Waals surface area contributed by atoms with E-state index in [0.29, 0.717) is 22.2 Å². The van der Waals surface area contributed by atoms with Crippen molar-refractivity contribution in [3.63, 3.8) is 0 Å². The SMILES string of the molecule is Cc1ccc(F)cc1NC(=O)c1cc(Cl)nc2ccccc12. The first-order valence-corrected chi connectivity index (χ1v) is 7.05. The van der Waals surface area contributed by atoms with E-state index < -0.39 is 5.82 Å². The number of anilines is 1. The van der Waals surface area contributed by atoms with Crippen LogP contribution in [0.3, 0.4) is 0 Å². The fourth-order valence-corrected chi connectivity index (χ4v) is 2.45. The van der Waals surface area contributed by atoms with Crippen molar-refractivity contribution in [3.8, 4) is 0 Å². The van der Waals surface area contributed by atoms with Gasteiger partial charge in [-0.3, -0.25) is 4.79 Å². The highest BCUT2D eigenvalue weighted by atomic mass is 35.5. The molecule has 0 fully saturated rings. The van der Waals surface area contributed by atoms with Crippen LogP contribution >= 0.6 is 11.6 Å². The molecule has 1 heterocycles. The van der Waals surface area contributed by atoms with Crippen LogP contribution in [0.4, 0.5) is 10.1 Å². The zero-order valence-electron chi connectivity index (χ0n) is 11.7. The fourth-order valence-electron chi connectivity index (χ4n) is 2.25. The first-order chi connectivity index (χ1) is 10.5. The molecule has 0 aliphatic rings. The maximum absolute atomic E-state index is 13.3. The van der Waals surface area contributed by atoms with E-state index >= 15 is 0 Å². The molecule has 5 heteroatoms. The van der Waals surface area contributed by atoms with Gasteiger partial charge >= 0.3 is 0 Å². The zero-order chi connectivity index (χ0) is 15.7. The summed E-state index contributed by atoms with van der Waals surface area (Å²) >= 11 is 5.98. The minimum Gasteiger partial charge on any atom is -0.322 e. The number of benzene rings is 2. The molecule has 0 bridgehead atoms. The van der Waals surface area contributed by atoms with Crippen LogP contribution in [-0.4, -0.2) is 10.9 Å². The Hall–Kier alpha value is -2.46. The van der Waals surface area contributed by atoms with Gasteiger partial charge < -0.3 is 5.32 Å². The number of hydrogen-bond acceptors (Lipinski definition) is 2. The van der Waals surface area contributed by atoms with Crippen LogP contribution in [0.25, 0.3) is 10.9 Å². The Bertz CT molecular complexity index is 880. The van der Waals surface area contributed by atoms with Crippen LogP contribution in [0.2, 0.25) is 5.15 Å². The van der Waals surface area contributed by atoms with Crippen LogP contribution < -0.4 is 5.32 Å². The third-order valence-electron chi connectivity index (χ3n) is 3.38. The van der Waals surface area contributed by atoms with E-state index in [1.165, 1.54) is 18.2 Å². The van der Waals surface area contributed by atoms with Gasteiger partial charge in [-0.05, 0) is 36.8 Å². The molecular weight excluding hydrogens is 303 g/mol. The van der Waals surface area contributed by atoms with Gasteiger partial charge in [0.25, 0.3) is 5.91 Å². The van der Waals surface area contributed by atoms with Gasteiger partial charge in [0.15, 0.2) is 0 Å². The summed E-state index contributed by atoms with van der Waals surface area (Å²) < 4.78 is 13.3. The third-order valence-corrected chi connectivity index (χ3v) is 3.57. The number of nitrogens with one attached hydrogen (secondary N) is 1. The number of hydrogen-bond donors (Lipinski definition) is 1. The van der Waals surface area contributed by atoms with Gasteiger partial charge in [0.2, 0.25) is 0 Å². The van der Waals surface area contributed by atoms with Gasteiger partial charge in [0.05, 0.1) is 11.1 Å². The van der Waals surface area contributed by atoms with Gasteiger partial charge in [0, 0.05) is 11.1 Å². The molecule has 2 aromatic carbocycles. The summed E-state index contributed by atoms with van der Waals surface area (Å²) in [6.07, 6.45) is 0. The first kappa shape index (κ1) is 14.5. The number of fused-ring (bicyclic) bond motifs is 1. The molecule has 0 saturated carbocycles. The number of amides is 1. The molecule has 22 heavy (non-hydrogen) atoms. The molecule has 0 aliphatic carbocycles. The number of carbonyl (C=O) groups excluding carboxylic acids is 1. The summed E-state index contributed by atoms with van der Waals surface area (Å²) in [6.45, 7) is 1.80. The number of aromatic nitrogens is 1. The lowest BCUT2D eigenvalue weighted by molar-refractivity contribution is 0.102. The van der Waals surface area contributed by atoms with Crippen molar-refractivity contribution >= 4 is 34.1 Å². The standard InChI is InChI=1S/C17H12ClFN2O/c1-10-6-7-11(19)8-15(10)21-17(22)13-9-16(18)20-14-5-3-2-4-12(13)14/h2-9H,1H3,(H,21,22). The fraction of sp³-hybridized carbons (Fsp3) is 0.0588. The van der Waals surface area contributed by atoms with Crippen LogP contribution in [0.5, 0.6) is 0 Å². The number of para-hydroxylation sites is 1. The molecule has 1 N–H and O–H groups in total. The largest absolute Gasteiger partial charge is 0.322 e. The monoisotopic (exact) mass is 314 g/mol. The molecule has 0 spiro atoms. The van der Waals surface area contributed by atoms with E-state index in [0.717, 1.165) is 5.56 Å². The molecule has 0 radical (unpaired) electrons. The predicted octanol–water partition coefficient (Wildman–Crippen LogP) is 4.59. The highest BCUT2D eigenvalue weighted by Crippen LogP contribution is 2.23. The second kappa shape index (κ2) is 5.73. The van der Waals surface area contributed by atoms with E-state index in [2.05, 4.69) is 10.3 Å². The summed E-state index contributed by atoms with van der Waals surface area (Å²) in [5.74, 6) is -0.757. The van der Waals surface area contributed by atoms with Gasteiger partial charge in [-0.25, -0.2) is 9.37 Å². The Morgan fingerprint density at radius 3 is 2.77 bits per heavy atom. The summed E-state index contributed by atoms with van der Waals surface area (Å²) in [4.78, 5) is 16.7. The smallest absolute Gasteiger partial charge is 0.256 e. The number of rotatable bonds is 2. The van der Waals surface area contributed by atoms with E-state index in [9.17, 15) is 9.18 Å². The Morgan fingerprint density at radius 1 is 1.18 bits per heavy atom. The highest BCUT2D eigenvalue weighted by molar-refractivity contribution is 6.30. The average molecular weight is 315 g/mol. The van der Waals surface area contributed by atoms with Crippen molar-refractivity contribution in [2.75, 3.05) is 5.32 Å². The lowest BCUT2D eigenvalue weighted by Crippen LogP contribution is -2.14. The van der Waals surface area contributed by atoms with Crippen molar-refractivity contribution in [2.24, 2.45) is 0 Å². The number of pyridine rings is 1. The molecule has 3 nitrogen and oxygen atoms in total. The molecule has 0 aliphatic heterocycles. The summed E-state index contributed by atoms with van der Waals surface area (Å²) in [6, 6.07) is 13.0. The molecule has 0 unspecified atom stereocenters. The van der Waals surface area contributed by atoms with E-state index in [4.69, 9.17) is 11.6 Å². The van der Waals surface area contributed by atoms with Crippen molar-refractivity contribution in [1.82, 2.24) is 4.98 Å². The van der Waals surface area contributed by atoms with Gasteiger partial charge in [0.1, 0.15) is 11.0 Å². The second-order valence-electron chi connectivity index (χ2n) is 4.92. The maximum Gasteiger partial charge on any atom is 0.256 e. The molecule has 110 valence electrons. The van der Waals surface area contributed by atoms with Crippen molar-refractivity contribution < 1.29 is 9.18 Å². The normalized spacial score (nSPS) is 10.7. The predicted molar refractivity (Wildman–Crippen MR) is 85.8 cm³/mol. The summed E-state index contributed by atoms with van der Waals surface area (Å²) in [7, 11) is 0. The number of aryl methyl sites for hydroxylation is 1. The minimum absolute atomic E-state index is 0.236. The maximum atomic E-state index is 13.3. The molecular formula is C17H12ClFN2O. The van der Waals surface area contributed by atoms with Gasteiger partial charge in [-0.1, -0.05) is 35.9 Å². The zero-order valence-corrected chi connectivity index (χ0v) is 12.5. The van der Waals surface area contributed by atoms with Crippen LogP contribution in [-0.2, 0) is 0 Å². The summed E-state index contributed by atoms with van der Waals surface area (Å²) in [5, 5.41) is 3.65. The molecule has 3 aromatic rings. The van der Waals surface area contributed by atoms with Gasteiger partial charge in [-0.2, -0.15) is 0 Å². The molecule has 0 atom stereocenters. The van der Waals surface area contributed by atoms with Crippen molar-refractivity contribution in [3.05, 3.63) is 70.6 Å². The average Bonchev–Trinajstić information content (AvgIpc) is 2.50. The molecule has 1 aromatic heterocycles. The minimum atomic E-state index is -0.404. The lowest BCUT2D eigenvalue weighted by atomic mass is 10.1. The number of carbonyl (C=O) groups is 1. The van der Waals surface area contributed by atoms with E-state index in [1.54, 1.807) is 25.1 Å². The Morgan fingerprint density at radius 2 is 1.95 bits per heavy atom. The molecule has 1 amide bonds. The Balaban J connectivity index is 2.04. The topological polar surface area (TPSA) is 42.0 Å². The molecule has 0 saturated heterocycles. The van der Waals surface area contributed by atoms with Crippen molar-refractivity contribution in [1.29, 1.82) is 0 Å². The Labute approximate surface area is 131 Å². The van der Waals surface area contributed by atoms with Gasteiger partial charge in [-0.15, -0.1) is 0 Å². The van der Waals surface area contributed by atoms with Crippen LogP contribution in [0, 0.1) is 12.7 Å². The quantitative estimate of drug-likeness (QED) is 0.703. The summed E-state index contributed by atoms with van der Waals surface area (Å²) in [5.41, 5.74) is 2.25. The van der Waals surface area contributed by atoms with Crippen molar-refractivity contribution in [2.45, 2.75) is 6.92 Å². The van der Waals surface area contributed by atoms with Crippen LogP contribution in [0.1, 0.15) is 15.9 Å². The highest BCUT2D eigenvalue weighted by Gasteiger charge is 2.13. The van der Waals surface area contributed by atoms with Crippen LogP contribution in [0.15, 0.2) is 48.5 Å². The third kappa shape index (κ3) is 2.78. The number of nitrogens with zero attached hydrogens (tertiary/aromatic N) is 1.